The summed E-state index contributed by atoms with van der Waals surface area (Å²) in [7, 11) is -1.82. The summed E-state index contributed by atoms with van der Waals surface area (Å²) in [5, 5.41) is 30.8. The van der Waals surface area contributed by atoms with Crippen molar-refractivity contribution in [1.29, 1.82) is 0 Å². The van der Waals surface area contributed by atoms with Gasteiger partial charge in [-0.3, -0.25) is 10.1 Å². The molecule has 2 N–H and O–H groups in total. The van der Waals surface area contributed by atoms with Crippen LogP contribution in [0.25, 0.3) is 10.9 Å². The minimum absolute atomic E-state index is 0.101. The molecule has 0 aliphatic rings. The number of carbonyl (C=O) groups is 1. The fourth-order valence-electron chi connectivity index (χ4n) is 1.92. The van der Waals surface area contributed by atoms with Crippen LogP contribution in [0.4, 0.5) is 5.69 Å². The molecule has 0 amide bonds. The third-order valence-corrected chi connectivity index (χ3v) is 3.80. The number of carboxylic acid groups (broad SMARTS) is 1. The second-order valence-electron chi connectivity index (χ2n) is 5.92. The Bertz CT molecular complexity index is 891. The second kappa shape index (κ2) is 5.70. The maximum atomic E-state index is 11.4. The third kappa shape index (κ3) is 3.30. The van der Waals surface area contributed by atoms with Gasteiger partial charge < -0.3 is 10.2 Å². The lowest BCUT2D eigenvalue weighted by Gasteiger charge is -2.08. The number of nitro benzene ring substituents is 1. The van der Waals surface area contributed by atoms with Crippen molar-refractivity contribution in [2.45, 2.75) is 19.6 Å². The van der Waals surface area contributed by atoms with Crippen molar-refractivity contribution in [2.24, 2.45) is 0 Å². The summed E-state index contributed by atoms with van der Waals surface area (Å²) in [5.74, 6) is 0.889. The molecule has 1 heterocycles. The Labute approximate surface area is 132 Å². The summed E-state index contributed by atoms with van der Waals surface area (Å²) < 4.78 is 0. The van der Waals surface area contributed by atoms with Gasteiger partial charge in [-0.05, 0) is 6.07 Å². The molecule has 1 aromatic heterocycles. The molecular formula is C15H14N2O5Si. The molecule has 0 fully saturated rings. The zero-order valence-corrected chi connectivity index (χ0v) is 13.7. The van der Waals surface area contributed by atoms with Gasteiger partial charge in [-0.25, -0.2) is 9.78 Å². The highest BCUT2D eigenvalue weighted by Gasteiger charge is 2.23. The van der Waals surface area contributed by atoms with E-state index in [1.54, 1.807) is 0 Å². The van der Waals surface area contributed by atoms with Crippen LogP contribution < -0.4 is 0 Å². The number of aromatic carboxylic acids is 1. The second-order valence-corrected chi connectivity index (χ2v) is 10.7. The Hall–Kier alpha value is -2.92. The molecule has 118 valence electrons. The van der Waals surface area contributed by atoms with Gasteiger partial charge in [-0.1, -0.05) is 31.6 Å². The van der Waals surface area contributed by atoms with E-state index in [0.29, 0.717) is 0 Å². The van der Waals surface area contributed by atoms with E-state index in [0.717, 1.165) is 0 Å². The van der Waals surface area contributed by atoms with Gasteiger partial charge in [0.25, 0.3) is 5.69 Å². The van der Waals surface area contributed by atoms with Gasteiger partial charge in [0.2, 0.25) is 0 Å². The van der Waals surface area contributed by atoms with Gasteiger partial charge in [-0.15, -0.1) is 5.54 Å². The van der Waals surface area contributed by atoms with Crippen LogP contribution in [0, 0.1) is 21.6 Å². The van der Waals surface area contributed by atoms with E-state index in [9.17, 15) is 25.1 Å². The van der Waals surface area contributed by atoms with Crippen molar-refractivity contribution in [3.05, 3.63) is 39.6 Å². The quantitative estimate of drug-likeness (QED) is 0.379. The number of pyridine rings is 1. The zero-order valence-electron chi connectivity index (χ0n) is 12.7. The Kier molecular flexibility index (Phi) is 4.07. The molecule has 0 bridgehead atoms. The fourth-order valence-corrected chi connectivity index (χ4v) is 2.42. The normalized spacial score (nSPS) is 10.9. The molecule has 1 aromatic carbocycles. The summed E-state index contributed by atoms with van der Waals surface area (Å²) in [6, 6.07) is 4.04. The number of carboxylic acids is 1. The van der Waals surface area contributed by atoms with Crippen molar-refractivity contribution in [3.63, 3.8) is 0 Å². The predicted molar refractivity (Wildman–Crippen MR) is 87.2 cm³/mol. The lowest BCUT2D eigenvalue weighted by atomic mass is 10.1. The molecule has 0 saturated heterocycles. The molecule has 8 heteroatoms. The molecule has 0 unspecified atom stereocenters. The number of hydrogen-bond acceptors (Lipinski definition) is 5. The maximum Gasteiger partial charge on any atom is 0.355 e. The lowest BCUT2D eigenvalue weighted by molar-refractivity contribution is -0.383. The molecule has 0 atom stereocenters. The number of aromatic hydroxyl groups is 1. The molecule has 0 spiro atoms. The van der Waals surface area contributed by atoms with Crippen molar-refractivity contribution in [2.75, 3.05) is 0 Å². The highest BCUT2D eigenvalue weighted by molar-refractivity contribution is 6.83. The first-order chi connectivity index (χ1) is 10.6. The number of hydrogen-bond donors (Lipinski definition) is 2. The molecule has 7 nitrogen and oxygen atoms in total. The van der Waals surface area contributed by atoms with Gasteiger partial charge in [0.15, 0.2) is 11.2 Å². The minimum Gasteiger partial charge on any atom is -0.506 e. The van der Waals surface area contributed by atoms with Crippen LogP contribution >= 0.6 is 0 Å². The lowest BCUT2D eigenvalue weighted by Crippen LogP contribution is -2.16. The number of nitro groups is 1. The number of benzene rings is 1. The topological polar surface area (TPSA) is 114 Å². The van der Waals surface area contributed by atoms with E-state index in [1.807, 2.05) is 19.6 Å². The Balaban J connectivity index is 2.90. The first kappa shape index (κ1) is 16.4. The Morgan fingerprint density at radius 1 is 1.35 bits per heavy atom. The molecule has 23 heavy (non-hydrogen) atoms. The third-order valence-electron chi connectivity index (χ3n) is 2.93. The standard InChI is InChI=1S/C15H14N2O5Si/c1-23(2,3)8-7-10-13(15(19)20)16-12-9(14(10)18)5-4-6-11(12)17(21)22/h4-6H,1-3H3,(H,16,18)(H,19,20). The summed E-state index contributed by atoms with van der Waals surface area (Å²) >= 11 is 0. The number of aromatic nitrogens is 1. The van der Waals surface area contributed by atoms with Crippen LogP contribution in [0.5, 0.6) is 5.75 Å². The van der Waals surface area contributed by atoms with Crippen molar-refractivity contribution in [1.82, 2.24) is 4.98 Å². The van der Waals surface area contributed by atoms with Gasteiger partial charge in [-0.2, -0.15) is 0 Å². The largest absolute Gasteiger partial charge is 0.506 e. The molecule has 0 saturated carbocycles. The number of rotatable bonds is 2. The summed E-state index contributed by atoms with van der Waals surface area (Å²) in [5.41, 5.74) is 1.81. The van der Waals surface area contributed by atoms with Crippen LogP contribution in [-0.4, -0.2) is 34.2 Å². The molecule has 0 aliphatic carbocycles. The predicted octanol–water partition coefficient (Wildman–Crippen LogP) is 2.78. The average Bonchev–Trinajstić information content (AvgIpc) is 2.44. The van der Waals surface area contributed by atoms with E-state index < -0.39 is 30.4 Å². The van der Waals surface area contributed by atoms with E-state index in [2.05, 4.69) is 16.4 Å². The van der Waals surface area contributed by atoms with Gasteiger partial charge in [0, 0.05) is 6.07 Å². The number of nitrogens with zero attached hydrogens (tertiary/aromatic N) is 2. The van der Waals surface area contributed by atoms with E-state index in [4.69, 9.17) is 0 Å². The number of para-hydroxylation sites is 1. The minimum atomic E-state index is -1.82. The van der Waals surface area contributed by atoms with E-state index in [-0.39, 0.29) is 22.2 Å². The van der Waals surface area contributed by atoms with Gasteiger partial charge in [0.1, 0.15) is 13.8 Å². The van der Waals surface area contributed by atoms with Crippen molar-refractivity contribution >= 4 is 30.6 Å². The highest BCUT2D eigenvalue weighted by atomic mass is 28.3. The molecule has 2 aromatic rings. The van der Waals surface area contributed by atoms with E-state index >= 15 is 0 Å². The molecular weight excluding hydrogens is 316 g/mol. The first-order valence-corrected chi connectivity index (χ1v) is 10.2. The smallest absolute Gasteiger partial charge is 0.355 e. The number of fused-ring (bicyclic) bond motifs is 1. The molecule has 2 rings (SSSR count). The average molecular weight is 330 g/mol. The molecule has 0 radical (unpaired) electrons. The SMILES string of the molecule is C[Si](C)(C)C#Cc1c(C(=O)O)nc2c([N+](=O)[O-])cccc2c1O. The Morgan fingerprint density at radius 2 is 2.00 bits per heavy atom. The van der Waals surface area contributed by atoms with Crippen molar-refractivity contribution < 1.29 is 19.9 Å². The van der Waals surface area contributed by atoms with Gasteiger partial charge in [0.05, 0.1) is 15.9 Å². The van der Waals surface area contributed by atoms with Crippen LogP contribution in [0.15, 0.2) is 18.2 Å². The van der Waals surface area contributed by atoms with Crippen LogP contribution in [-0.2, 0) is 0 Å². The summed E-state index contributed by atoms with van der Waals surface area (Å²) in [4.78, 5) is 25.7. The monoisotopic (exact) mass is 330 g/mol. The molecule has 0 aliphatic heterocycles. The maximum absolute atomic E-state index is 11.4. The zero-order chi connectivity index (χ0) is 17.4. The highest BCUT2D eigenvalue weighted by Crippen LogP contribution is 2.33. The first-order valence-electron chi connectivity index (χ1n) is 6.68. The fraction of sp³-hybridized carbons (Fsp3) is 0.200. The van der Waals surface area contributed by atoms with E-state index in [1.165, 1.54) is 18.2 Å². The summed E-state index contributed by atoms with van der Waals surface area (Å²) in [6.07, 6.45) is 0. The van der Waals surface area contributed by atoms with Crippen LogP contribution in [0.3, 0.4) is 0 Å². The van der Waals surface area contributed by atoms with Crippen LogP contribution in [0.2, 0.25) is 19.6 Å². The summed E-state index contributed by atoms with van der Waals surface area (Å²) in [6.45, 7) is 5.91. The van der Waals surface area contributed by atoms with Crippen molar-refractivity contribution in [3.8, 4) is 17.2 Å². The van der Waals surface area contributed by atoms with Crippen LogP contribution in [0.1, 0.15) is 16.1 Å². The Morgan fingerprint density at radius 3 is 2.52 bits per heavy atom. The number of non-ortho nitro benzene ring substituents is 1. The van der Waals surface area contributed by atoms with Gasteiger partial charge >= 0.3 is 5.97 Å².